The molecule has 1 aliphatic carbocycles. The van der Waals surface area contributed by atoms with Crippen molar-refractivity contribution in [2.45, 2.75) is 31.3 Å². The number of benzene rings is 2. The summed E-state index contributed by atoms with van der Waals surface area (Å²) in [6, 6.07) is 20.3. The lowest BCUT2D eigenvalue weighted by atomic mass is 9.76. The molecule has 2 aromatic rings. The van der Waals surface area contributed by atoms with Gasteiger partial charge in [0.1, 0.15) is 0 Å². The second kappa shape index (κ2) is 6.31. The maximum absolute atomic E-state index is 3.65. The molecule has 0 spiro atoms. The van der Waals surface area contributed by atoms with Crippen LogP contribution in [0.2, 0.25) is 0 Å². The summed E-state index contributed by atoms with van der Waals surface area (Å²) in [5.74, 6) is 0.733. The van der Waals surface area contributed by atoms with Crippen molar-refractivity contribution in [1.82, 2.24) is 4.90 Å². The Balaban J connectivity index is 1.50. The van der Waals surface area contributed by atoms with Crippen molar-refractivity contribution in [2.75, 3.05) is 19.4 Å². The Morgan fingerprint density at radius 1 is 0.952 bits per heavy atom. The van der Waals surface area contributed by atoms with Crippen molar-refractivity contribution in [3.63, 3.8) is 0 Å². The zero-order valence-electron chi connectivity index (χ0n) is 12.9. The van der Waals surface area contributed by atoms with E-state index in [4.69, 9.17) is 0 Å². The highest BCUT2D eigenvalue weighted by Crippen LogP contribution is 2.38. The molecule has 0 saturated heterocycles. The lowest BCUT2D eigenvalue weighted by Gasteiger charge is -2.37. The molecule has 1 N–H and O–H groups in total. The first-order valence-electron chi connectivity index (χ1n) is 7.76. The first-order chi connectivity index (χ1) is 10.2. The SMILES string of the molecule is CN(C)Cc1ccc(NC2CC(c3ccccc3)C2)cc1. The van der Waals surface area contributed by atoms with Crippen molar-refractivity contribution in [3.05, 3.63) is 65.7 Å². The summed E-state index contributed by atoms with van der Waals surface area (Å²) in [6.45, 7) is 1.000. The third-order valence-electron chi connectivity index (χ3n) is 4.23. The van der Waals surface area contributed by atoms with Gasteiger partial charge in [0, 0.05) is 18.3 Å². The van der Waals surface area contributed by atoms with Gasteiger partial charge in [-0.15, -0.1) is 0 Å². The molecule has 1 saturated carbocycles. The molecule has 1 fully saturated rings. The third kappa shape index (κ3) is 3.64. The van der Waals surface area contributed by atoms with Gasteiger partial charge in [0.15, 0.2) is 0 Å². The lowest BCUT2D eigenvalue weighted by Crippen LogP contribution is -2.33. The summed E-state index contributed by atoms with van der Waals surface area (Å²) in [5, 5.41) is 3.65. The molecule has 0 aromatic heterocycles. The van der Waals surface area contributed by atoms with Gasteiger partial charge in [-0.05, 0) is 56.1 Å². The van der Waals surface area contributed by atoms with Crippen LogP contribution in [0, 0.1) is 0 Å². The molecule has 2 heteroatoms. The highest BCUT2D eigenvalue weighted by molar-refractivity contribution is 5.46. The Morgan fingerprint density at radius 2 is 1.62 bits per heavy atom. The Labute approximate surface area is 127 Å². The van der Waals surface area contributed by atoms with Crippen LogP contribution in [0.25, 0.3) is 0 Å². The second-order valence-electron chi connectivity index (χ2n) is 6.35. The van der Waals surface area contributed by atoms with Gasteiger partial charge in [-0.3, -0.25) is 0 Å². The van der Waals surface area contributed by atoms with Gasteiger partial charge in [0.2, 0.25) is 0 Å². The van der Waals surface area contributed by atoms with E-state index in [0.29, 0.717) is 6.04 Å². The van der Waals surface area contributed by atoms with E-state index in [1.807, 2.05) is 0 Å². The molecule has 0 amide bonds. The van der Waals surface area contributed by atoms with E-state index < -0.39 is 0 Å². The Hall–Kier alpha value is -1.80. The number of nitrogens with zero attached hydrogens (tertiary/aromatic N) is 1. The minimum absolute atomic E-state index is 0.620. The summed E-state index contributed by atoms with van der Waals surface area (Å²) >= 11 is 0. The minimum atomic E-state index is 0.620. The standard InChI is InChI=1S/C19H24N2/c1-21(2)14-15-8-10-18(11-9-15)20-19-12-17(13-19)16-6-4-3-5-7-16/h3-11,17,19-20H,12-14H2,1-2H3. The van der Waals surface area contributed by atoms with E-state index >= 15 is 0 Å². The maximum atomic E-state index is 3.65. The van der Waals surface area contributed by atoms with Crippen LogP contribution in [0.3, 0.4) is 0 Å². The molecule has 0 bridgehead atoms. The zero-order chi connectivity index (χ0) is 14.7. The molecule has 2 nitrogen and oxygen atoms in total. The lowest BCUT2D eigenvalue weighted by molar-refractivity contribution is 0.374. The number of hydrogen-bond acceptors (Lipinski definition) is 2. The van der Waals surface area contributed by atoms with Crippen LogP contribution in [-0.2, 0) is 6.54 Å². The largest absolute Gasteiger partial charge is 0.382 e. The van der Waals surface area contributed by atoms with Crippen LogP contribution < -0.4 is 5.32 Å². The molecule has 21 heavy (non-hydrogen) atoms. The van der Waals surface area contributed by atoms with Crippen molar-refractivity contribution in [3.8, 4) is 0 Å². The van der Waals surface area contributed by atoms with Crippen molar-refractivity contribution in [2.24, 2.45) is 0 Å². The molecule has 0 unspecified atom stereocenters. The monoisotopic (exact) mass is 280 g/mol. The fourth-order valence-corrected chi connectivity index (χ4v) is 3.04. The number of hydrogen-bond donors (Lipinski definition) is 1. The summed E-state index contributed by atoms with van der Waals surface area (Å²) in [7, 11) is 4.20. The quantitative estimate of drug-likeness (QED) is 0.887. The van der Waals surface area contributed by atoms with Crippen LogP contribution >= 0.6 is 0 Å². The van der Waals surface area contributed by atoms with Crippen molar-refractivity contribution < 1.29 is 0 Å². The van der Waals surface area contributed by atoms with Gasteiger partial charge in [-0.1, -0.05) is 42.5 Å². The minimum Gasteiger partial charge on any atom is -0.382 e. The number of rotatable bonds is 5. The molecule has 0 heterocycles. The fourth-order valence-electron chi connectivity index (χ4n) is 3.04. The van der Waals surface area contributed by atoms with Crippen molar-refractivity contribution >= 4 is 5.69 Å². The molecule has 0 aliphatic heterocycles. The van der Waals surface area contributed by atoms with E-state index in [1.54, 1.807) is 0 Å². The smallest absolute Gasteiger partial charge is 0.0342 e. The summed E-state index contributed by atoms with van der Waals surface area (Å²) in [5.41, 5.74) is 4.09. The predicted octanol–water partition coefficient (Wildman–Crippen LogP) is 4.11. The average molecular weight is 280 g/mol. The molecular formula is C19H24N2. The normalized spacial score (nSPS) is 21.1. The van der Waals surface area contributed by atoms with Gasteiger partial charge in [-0.2, -0.15) is 0 Å². The molecule has 110 valence electrons. The first-order valence-corrected chi connectivity index (χ1v) is 7.76. The van der Waals surface area contributed by atoms with Crippen LogP contribution in [0.15, 0.2) is 54.6 Å². The zero-order valence-corrected chi connectivity index (χ0v) is 12.9. The van der Waals surface area contributed by atoms with Gasteiger partial charge in [0.05, 0.1) is 0 Å². The van der Waals surface area contributed by atoms with E-state index in [-0.39, 0.29) is 0 Å². The average Bonchev–Trinajstić information content (AvgIpc) is 2.44. The van der Waals surface area contributed by atoms with Crippen LogP contribution in [0.4, 0.5) is 5.69 Å². The first kappa shape index (κ1) is 14.2. The topological polar surface area (TPSA) is 15.3 Å². The Morgan fingerprint density at radius 3 is 2.24 bits per heavy atom. The van der Waals surface area contributed by atoms with E-state index in [9.17, 15) is 0 Å². The molecule has 1 aliphatic rings. The predicted molar refractivity (Wildman–Crippen MR) is 89.7 cm³/mol. The van der Waals surface area contributed by atoms with Crippen LogP contribution in [0.1, 0.15) is 29.9 Å². The number of anilines is 1. The highest BCUT2D eigenvalue weighted by atomic mass is 15.0. The summed E-state index contributed by atoms with van der Waals surface area (Å²) in [4.78, 5) is 2.19. The van der Waals surface area contributed by atoms with E-state index in [1.165, 1.54) is 29.7 Å². The fraction of sp³-hybridized carbons (Fsp3) is 0.368. The molecule has 0 atom stereocenters. The highest BCUT2D eigenvalue weighted by Gasteiger charge is 2.29. The molecule has 2 aromatic carbocycles. The maximum Gasteiger partial charge on any atom is 0.0342 e. The van der Waals surface area contributed by atoms with Gasteiger partial charge in [-0.25, -0.2) is 0 Å². The molecular weight excluding hydrogens is 256 g/mol. The van der Waals surface area contributed by atoms with E-state index in [2.05, 4.69) is 78.9 Å². The molecule has 0 radical (unpaired) electrons. The third-order valence-corrected chi connectivity index (χ3v) is 4.23. The van der Waals surface area contributed by atoms with Crippen LogP contribution in [-0.4, -0.2) is 25.0 Å². The summed E-state index contributed by atoms with van der Waals surface area (Å²) in [6.07, 6.45) is 2.48. The van der Waals surface area contributed by atoms with Gasteiger partial charge >= 0.3 is 0 Å². The van der Waals surface area contributed by atoms with Crippen LogP contribution in [0.5, 0.6) is 0 Å². The molecule has 3 rings (SSSR count). The van der Waals surface area contributed by atoms with Gasteiger partial charge < -0.3 is 10.2 Å². The van der Waals surface area contributed by atoms with Gasteiger partial charge in [0.25, 0.3) is 0 Å². The Bertz CT molecular complexity index is 554. The van der Waals surface area contributed by atoms with Crippen molar-refractivity contribution in [1.29, 1.82) is 0 Å². The van der Waals surface area contributed by atoms with E-state index in [0.717, 1.165) is 12.5 Å². The summed E-state index contributed by atoms with van der Waals surface area (Å²) < 4.78 is 0. The number of nitrogens with one attached hydrogen (secondary N) is 1. The Kier molecular flexibility index (Phi) is 4.26. The second-order valence-corrected chi connectivity index (χ2v) is 6.35.